The van der Waals surface area contributed by atoms with E-state index in [-0.39, 0.29) is 11.9 Å². The number of nitrogens with one attached hydrogen (secondary N) is 1. The molecule has 1 fully saturated rings. The van der Waals surface area contributed by atoms with Crippen LogP contribution in [0.3, 0.4) is 0 Å². The van der Waals surface area contributed by atoms with Gasteiger partial charge in [0.15, 0.2) is 0 Å². The topological polar surface area (TPSA) is 51.2 Å². The zero-order valence-electron chi connectivity index (χ0n) is 8.78. The van der Waals surface area contributed by atoms with E-state index in [1.54, 1.807) is 12.1 Å². The second kappa shape index (κ2) is 5.27. The Morgan fingerprint density at radius 2 is 2.50 bits per heavy atom. The third-order valence-electron chi connectivity index (χ3n) is 2.45. The number of carbonyl (C=O) groups excluding carboxylic acids is 1. The third kappa shape index (κ3) is 2.93. The van der Waals surface area contributed by atoms with Crippen LogP contribution in [0.25, 0.3) is 0 Å². The van der Waals surface area contributed by atoms with Gasteiger partial charge in [0, 0.05) is 17.8 Å². The van der Waals surface area contributed by atoms with Crippen LogP contribution in [0.5, 0.6) is 0 Å². The Kier molecular flexibility index (Phi) is 3.74. The summed E-state index contributed by atoms with van der Waals surface area (Å²) in [4.78, 5) is 15.7. The van der Waals surface area contributed by atoms with Gasteiger partial charge in [-0.1, -0.05) is 11.6 Å². The molecule has 0 saturated carbocycles. The fraction of sp³-hybridized carbons (Fsp3) is 0.455. The van der Waals surface area contributed by atoms with Crippen LogP contribution in [0.15, 0.2) is 18.3 Å². The van der Waals surface area contributed by atoms with E-state index in [9.17, 15) is 4.79 Å². The summed E-state index contributed by atoms with van der Waals surface area (Å²) in [5.41, 5.74) is 0.345. The molecule has 1 aromatic heterocycles. The molecule has 1 aromatic rings. The largest absolute Gasteiger partial charge is 0.379 e. The molecule has 1 amide bonds. The van der Waals surface area contributed by atoms with Crippen LogP contribution < -0.4 is 5.32 Å². The van der Waals surface area contributed by atoms with Gasteiger partial charge >= 0.3 is 0 Å². The van der Waals surface area contributed by atoms with E-state index in [2.05, 4.69) is 10.3 Å². The first kappa shape index (κ1) is 11.4. The van der Waals surface area contributed by atoms with Crippen molar-refractivity contribution in [2.24, 2.45) is 0 Å². The van der Waals surface area contributed by atoms with E-state index in [1.165, 1.54) is 6.20 Å². The second-order valence-electron chi connectivity index (χ2n) is 3.75. The summed E-state index contributed by atoms with van der Waals surface area (Å²) in [7, 11) is 0. The van der Waals surface area contributed by atoms with E-state index in [0.29, 0.717) is 17.3 Å². The summed E-state index contributed by atoms with van der Waals surface area (Å²) in [6.45, 7) is 1.36. The zero-order chi connectivity index (χ0) is 11.4. The molecule has 0 aliphatic carbocycles. The van der Waals surface area contributed by atoms with E-state index >= 15 is 0 Å². The normalized spacial score (nSPS) is 20.4. The number of aromatic nitrogens is 1. The van der Waals surface area contributed by atoms with Crippen molar-refractivity contribution in [3.63, 3.8) is 0 Å². The first-order valence-corrected chi connectivity index (χ1v) is 5.63. The Bertz CT molecular complexity index is 378. The summed E-state index contributed by atoms with van der Waals surface area (Å²) in [5, 5.41) is 3.39. The molecular formula is C11H13ClN2O2. The van der Waals surface area contributed by atoms with E-state index in [4.69, 9.17) is 16.3 Å². The summed E-state index contributed by atoms with van der Waals surface area (Å²) in [6.07, 6.45) is 3.45. The predicted octanol–water partition coefficient (Wildman–Crippen LogP) is 1.64. The standard InChI is InChI=1S/C11H13ClN2O2/c12-8-3-4-13-10(6-8)11(15)14-9-2-1-5-16-7-9/h3-4,6,9H,1-2,5,7H2,(H,14,15). The van der Waals surface area contributed by atoms with Gasteiger partial charge in [0.25, 0.3) is 5.91 Å². The number of amides is 1. The molecule has 0 bridgehead atoms. The summed E-state index contributed by atoms with van der Waals surface area (Å²) in [5.74, 6) is -0.196. The highest BCUT2D eigenvalue weighted by atomic mass is 35.5. The first-order chi connectivity index (χ1) is 7.75. The quantitative estimate of drug-likeness (QED) is 0.855. The minimum atomic E-state index is -0.196. The third-order valence-corrected chi connectivity index (χ3v) is 2.69. The Morgan fingerprint density at radius 1 is 1.62 bits per heavy atom. The monoisotopic (exact) mass is 240 g/mol. The van der Waals surface area contributed by atoms with Gasteiger partial charge in [0.1, 0.15) is 5.69 Å². The molecule has 5 heteroatoms. The number of nitrogens with zero attached hydrogens (tertiary/aromatic N) is 1. The Morgan fingerprint density at radius 3 is 3.19 bits per heavy atom. The number of hydrogen-bond acceptors (Lipinski definition) is 3. The number of halogens is 1. The Hall–Kier alpha value is -1.13. The van der Waals surface area contributed by atoms with Crippen molar-refractivity contribution < 1.29 is 9.53 Å². The molecule has 2 heterocycles. The van der Waals surface area contributed by atoms with Crippen molar-refractivity contribution in [2.75, 3.05) is 13.2 Å². The molecule has 2 rings (SSSR count). The molecule has 1 N–H and O–H groups in total. The minimum Gasteiger partial charge on any atom is -0.379 e. The maximum atomic E-state index is 11.8. The van der Waals surface area contributed by atoms with E-state index in [0.717, 1.165) is 19.4 Å². The van der Waals surface area contributed by atoms with E-state index < -0.39 is 0 Å². The fourth-order valence-corrected chi connectivity index (χ4v) is 1.80. The molecule has 1 atom stereocenters. The fourth-order valence-electron chi connectivity index (χ4n) is 1.64. The van der Waals surface area contributed by atoms with Gasteiger partial charge in [-0.05, 0) is 25.0 Å². The van der Waals surface area contributed by atoms with Gasteiger partial charge in [0.2, 0.25) is 0 Å². The summed E-state index contributed by atoms with van der Waals surface area (Å²) >= 11 is 5.79. The van der Waals surface area contributed by atoms with Crippen LogP contribution >= 0.6 is 11.6 Å². The molecule has 0 aromatic carbocycles. The molecule has 1 aliphatic heterocycles. The highest BCUT2D eigenvalue weighted by molar-refractivity contribution is 6.30. The molecule has 16 heavy (non-hydrogen) atoms. The first-order valence-electron chi connectivity index (χ1n) is 5.26. The lowest BCUT2D eigenvalue weighted by Gasteiger charge is -2.22. The van der Waals surface area contributed by atoms with Gasteiger partial charge in [-0.2, -0.15) is 0 Å². The lowest BCUT2D eigenvalue weighted by atomic mass is 10.1. The van der Waals surface area contributed by atoms with Crippen LogP contribution in [0, 0.1) is 0 Å². The highest BCUT2D eigenvalue weighted by Crippen LogP contribution is 2.10. The smallest absolute Gasteiger partial charge is 0.270 e. The van der Waals surface area contributed by atoms with Gasteiger partial charge in [-0.3, -0.25) is 9.78 Å². The molecule has 1 unspecified atom stereocenters. The van der Waals surface area contributed by atoms with Crippen LogP contribution in [0.2, 0.25) is 5.02 Å². The number of pyridine rings is 1. The van der Waals surface area contributed by atoms with Gasteiger partial charge in [0.05, 0.1) is 12.6 Å². The Balaban J connectivity index is 1.97. The highest BCUT2D eigenvalue weighted by Gasteiger charge is 2.17. The van der Waals surface area contributed by atoms with Gasteiger partial charge in [-0.15, -0.1) is 0 Å². The number of ether oxygens (including phenoxy) is 1. The zero-order valence-corrected chi connectivity index (χ0v) is 9.54. The molecule has 1 aliphatic rings. The predicted molar refractivity (Wildman–Crippen MR) is 60.6 cm³/mol. The molecule has 86 valence electrons. The van der Waals surface area contributed by atoms with Crippen molar-refractivity contribution >= 4 is 17.5 Å². The van der Waals surface area contributed by atoms with Gasteiger partial charge in [-0.25, -0.2) is 0 Å². The van der Waals surface area contributed by atoms with Crippen molar-refractivity contribution in [3.8, 4) is 0 Å². The second-order valence-corrected chi connectivity index (χ2v) is 4.18. The molecule has 4 nitrogen and oxygen atoms in total. The number of rotatable bonds is 2. The van der Waals surface area contributed by atoms with Crippen molar-refractivity contribution in [3.05, 3.63) is 29.0 Å². The minimum absolute atomic E-state index is 0.0852. The number of carbonyl (C=O) groups is 1. The lowest BCUT2D eigenvalue weighted by Crippen LogP contribution is -2.40. The van der Waals surface area contributed by atoms with Gasteiger partial charge < -0.3 is 10.1 Å². The molecular weight excluding hydrogens is 228 g/mol. The average Bonchev–Trinajstić information content (AvgIpc) is 2.30. The average molecular weight is 241 g/mol. The van der Waals surface area contributed by atoms with Crippen molar-refractivity contribution in [2.45, 2.75) is 18.9 Å². The lowest BCUT2D eigenvalue weighted by molar-refractivity contribution is 0.0622. The molecule has 1 saturated heterocycles. The maximum absolute atomic E-state index is 11.8. The summed E-state index contributed by atoms with van der Waals surface area (Å²) < 4.78 is 5.28. The SMILES string of the molecule is O=C(NC1CCCOC1)c1cc(Cl)ccn1. The van der Waals surface area contributed by atoms with Crippen LogP contribution in [-0.4, -0.2) is 30.1 Å². The van der Waals surface area contributed by atoms with Crippen molar-refractivity contribution in [1.82, 2.24) is 10.3 Å². The van der Waals surface area contributed by atoms with Crippen LogP contribution in [0.4, 0.5) is 0 Å². The Labute approximate surface area is 99.0 Å². The molecule has 0 spiro atoms. The van der Waals surface area contributed by atoms with Crippen molar-refractivity contribution in [1.29, 1.82) is 0 Å². The number of hydrogen-bond donors (Lipinski definition) is 1. The summed E-state index contributed by atoms with van der Waals surface area (Å²) in [6, 6.07) is 3.28. The van der Waals surface area contributed by atoms with E-state index in [1.807, 2.05) is 0 Å². The van der Waals surface area contributed by atoms with Crippen LogP contribution in [0.1, 0.15) is 23.3 Å². The molecule has 0 radical (unpaired) electrons. The van der Waals surface area contributed by atoms with Crippen LogP contribution in [-0.2, 0) is 4.74 Å². The maximum Gasteiger partial charge on any atom is 0.270 e.